The van der Waals surface area contributed by atoms with Gasteiger partial charge in [-0.2, -0.15) is 0 Å². The maximum Gasteiger partial charge on any atom is 0.251 e. The van der Waals surface area contributed by atoms with E-state index in [1.807, 2.05) is 32.9 Å². The topological polar surface area (TPSA) is 90.4 Å². The first kappa shape index (κ1) is 32.6. The number of carbonyl (C=O) groups is 3. The number of carbonyl (C=O) groups excluding carboxylic acids is 3. The molecule has 3 heterocycles. The predicted octanol–water partition coefficient (Wildman–Crippen LogP) is 4.51. The molecule has 3 unspecified atom stereocenters. The number of anilines is 1. The maximum atomic E-state index is 14.8. The van der Waals surface area contributed by atoms with Crippen molar-refractivity contribution in [2.75, 3.05) is 38.3 Å². The number of methoxy groups -OCH3 is 1. The number of aliphatic hydroxyl groups excluding tert-OH is 1. The zero-order chi connectivity index (χ0) is 30.8. The minimum Gasteiger partial charge on any atom is -0.497 e. The second kappa shape index (κ2) is 13.6. The van der Waals surface area contributed by atoms with Crippen molar-refractivity contribution in [3.8, 4) is 5.75 Å². The number of aliphatic hydroxyl groups is 1. The molecule has 0 aliphatic carbocycles. The molecule has 1 N–H and O–H groups in total. The summed E-state index contributed by atoms with van der Waals surface area (Å²) in [6, 6.07) is 5.86. The molecule has 3 aliphatic rings. The van der Waals surface area contributed by atoms with Crippen molar-refractivity contribution in [3.63, 3.8) is 0 Å². The molecule has 0 saturated carbocycles. The van der Waals surface area contributed by atoms with E-state index in [2.05, 4.69) is 29.1 Å². The molecule has 42 heavy (non-hydrogen) atoms. The van der Waals surface area contributed by atoms with Gasteiger partial charge in [0, 0.05) is 35.4 Å². The molecular formula is C32H44BrN3O5S. The normalized spacial score (nSPS) is 28.5. The van der Waals surface area contributed by atoms with E-state index in [1.54, 1.807) is 57.9 Å². The highest BCUT2D eigenvalue weighted by molar-refractivity contribution is 9.09. The number of hydrogen-bond acceptors (Lipinski definition) is 6. The Balaban J connectivity index is 1.84. The molecule has 1 aromatic carbocycles. The quantitative estimate of drug-likeness (QED) is 0.233. The smallest absolute Gasteiger partial charge is 0.251 e. The summed E-state index contributed by atoms with van der Waals surface area (Å²) in [5.41, 5.74) is 0.665. The number of nitrogens with zero attached hydrogens (tertiary/aromatic N) is 3. The van der Waals surface area contributed by atoms with Crippen LogP contribution in [0.2, 0.25) is 0 Å². The molecule has 230 valence electrons. The summed E-state index contributed by atoms with van der Waals surface area (Å²) < 4.78 is 4.51. The standard InChI is InChI=1S/C32H44BrN3O5S/c1-7-14-34(15-8-2)29(38)25-26-30(39)36(22(19-37)17-20(4)5)28(32(26)18-24(33)27(25)42-32)31(40)35(16-9-3)21-10-12-23(41-6)13-11-21/h7,9-13,20,22,24-28,37H,1,3,8,14-19H2,2,4-6H3/t22-,24?,25-,26+,27-,28?,32?/m1/s1. The van der Waals surface area contributed by atoms with E-state index < -0.39 is 28.7 Å². The molecule has 3 fully saturated rings. The van der Waals surface area contributed by atoms with Crippen molar-refractivity contribution in [1.82, 2.24) is 9.80 Å². The van der Waals surface area contributed by atoms with Gasteiger partial charge in [-0.3, -0.25) is 14.4 Å². The number of ether oxygens (including phenoxy) is 1. The van der Waals surface area contributed by atoms with Crippen LogP contribution < -0.4 is 9.64 Å². The first-order valence-electron chi connectivity index (χ1n) is 14.8. The van der Waals surface area contributed by atoms with E-state index >= 15 is 0 Å². The van der Waals surface area contributed by atoms with Crippen LogP contribution in [0.1, 0.15) is 40.0 Å². The molecule has 3 aliphatic heterocycles. The Morgan fingerprint density at radius 1 is 1.21 bits per heavy atom. The van der Waals surface area contributed by atoms with Crippen LogP contribution >= 0.6 is 27.7 Å². The summed E-state index contributed by atoms with van der Waals surface area (Å²) in [5.74, 6) is -0.862. The Hall–Kier alpha value is -2.30. The van der Waals surface area contributed by atoms with Crippen molar-refractivity contribution in [2.24, 2.45) is 17.8 Å². The van der Waals surface area contributed by atoms with Gasteiger partial charge >= 0.3 is 0 Å². The Morgan fingerprint density at radius 3 is 2.43 bits per heavy atom. The molecule has 7 atom stereocenters. The number of alkyl halides is 1. The van der Waals surface area contributed by atoms with E-state index in [9.17, 15) is 19.5 Å². The highest BCUT2D eigenvalue weighted by atomic mass is 79.9. The lowest BCUT2D eigenvalue weighted by atomic mass is 9.70. The number of halogens is 1. The first-order valence-corrected chi connectivity index (χ1v) is 16.6. The second-order valence-electron chi connectivity index (χ2n) is 11.9. The highest BCUT2D eigenvalue weighted by Crippen LogP contribution is 2.68. The third-order valence-corrected chi connectivity index (χ3v) is 11.9. The van der Waals surface area contributed by atoms with Crippen LogP contribution in [0.5, 0.6) is 5.75 Å². The molecule has 3 amide bonds. The van der Waals surface area contributed by atoms with Gasteiger partial charge in [0.05, 0.1) is 36.3 Å². The van der Waals surface area contributed by atoms with Crippen LogP contribution in [0.3, 0.4) is 0 Å². The number of hydrogen-bond donors (Lipinski definition) is 1. The average Bonchev–Trinajstić information content (AvgIpc) is 3.57. The zero-order valence-corrected chi connectivity index (χ0v) is 27.5. The molecule has 0 aromatic heterocycles. The molecular weight excluding hydrogens is 618 g/mol. The Labute approximate surface area is 262 Å². The number of rotatable bonds is 14. The van der Waals surface area contributed by atoms with E-state index in [0.29, 0.717) is 37.4 Å². The van der Waals surface area contributed by atoms with Crippen LogP contribution in [0.25, 0.3) is 0 Å². The van der Waals surface area contributed by atoms with Crippen molar-refractivity contribution >= 4 is 51.1 Å². The van der Waals surface area contributed by atoms with Gasteiger partial charge in [0.1, 0.15) is 11.8 Å². The summed E-state index contributed by atoms with van der Waals surface area (Å²) in [6.45, 7) is 14.8. The van der Waals surface area contributed by atoms with Crippen molar-refractivity contribution < 1.29 is 24.2 Å². The van der Waals surface area contributed by atoms with E-state index in [1.165, 1.54) is 0 Å². The maximum absolute atomic E-state index is 14.8. The Morgan fingerprint density at radius 2 is 1.88 bits per heavy atom. The summed E-state index contributed by atoms with van der Waals surface area (Å²) >= 11 is 5.47. The minimum absolute atomic E-state index is 0.0329. The van der Waals surface area contributed by atoms with Crippen LogP contribution in [0, 0.1) is 17.8 Å². The van der Waals surface area contributed by atoms with Crippen LogP contribution in [0.4, 0.5) is 5.69 Å². The third-order valence-electron chi connectivity index (χ3n) is 8.71. The number of benzene rings is 1. The number of thioether (sulfide) groups is 1. The summed E-state index contributed by atoms with van der Waals surface area (Å²) in [6.07, 6.45) is 5.30. The molecule has 3 saturated heterocycles. The van der Waals surface area contributed by atoms with Gasteiger partial charge in [-0.1, -0.05) is 48.9 Å². The van der Waals surface area contributed by atoms with Gasteiger partial charge in [0.2, 0.25) is 11.8 Å². The van der Waals surface area contributed by atoms with Gasteiger partial charge < -0.3 is 24.5 Å². The SMILES string of the molecule is C=CCN(CCC)C(=O)[C@H]1[C@@H]2SC3(CC2Br)C(C(=O)N(CC=C)c2ccc(OC)cc2)N([C@@H](CO)CC(C)C)C(=O)[C@H]13. The number of likely N-dealkylation sites (tertiary alicyclic amines) is 1. The summed E-state index contributed by atoms with van der Waals surface area (Å²) in [7, 11) is 1.59. The largest absolute Gasteiger partial charge is 0.497 e. The fraction of sp³-hybridized carbons (Fsp3) is 0.594. The lowest BCUT2D eigenvalue weighted by Crippen LogP contribution is -2.58. The molecule has 1 spiro atoms. The van der Waals surface area contributed by atoms with E-state index in [-0.39, 0.29) is 46.9 Å². The molecule has 8 nitrogen and oxygen atoms in total. The summed E-state index contributed by atoms with van der Waals surface area (Å²) in [5, 5.41) is 10.5. The van der Waals surface area contributed by atoms with Crippen LogP contribution in [-0.4, -0.2) is 92.9 Å². The molecule has 0 radical (unpaired) electrons. The molecule has 1 aromatic rings. The first-order chi connectivity index (χ1) is 20.1. The fourth-order valence-electron chi connectivity index (χ4n) is 7.13. The van der Waals surface area contributed by atoms with Crippen molar-refractivity contribution in [3.05, 3.63) is 49.6 Å². The molecule has 2 bridgehead atoms. The lowest BCUT2D eigenvalue weighted by molar-refractivity contribution is -0.145. The van der Waals surface area contributed by atoms with Gasteiger partial charge in [-0.25, -0.2) is 0 Å². The minimum atomic E-state index is -0.847. The van der Waals surface area contributed by atoms with Gasteiger partial charge in [-0.15, -0.1) is 24.9 Å². The number of amides is 3. The highest BCUT2D eigenvalue weighted by Gasteiger charge is 2.76. The van der Waals surface area contributed by atoms with Crippen molar-refractivity contribution in [2.45, 2.75) is 66.9 Å². The number of fused-ring (bicyclic) bond motifs is 1. The molecule has 10 heteroatoms. The van der Waals surface area contributed by atoms with Gasteiger partial charge in [0.15, 0.2) is 0 Å². The summed E-state index contributed by atoms with van der Waals surface area (Å²) in [4.78, 5) is 48.7. The van der Waals surface area contributed by atoms with E-state index in [4.69, 9.17) is 4.74 Å². The monoisotopic (exact) mass is 661 g/mol. The fourth-order valence-corrected chi connectivity index (χ4v) is 10.7. The zero-order valence-electron chi connectivity index (χ0n) is 25.1. The third kappa shape index (κ3) is 5.66. The predicted molar refractivity (Wildman–Crippen MR) is 172 cm³/mol. The van der Waals surface area contributed by atoms with Crippen LogP contribution in [-0.2, 0) is 14.4 Å². The van der Waals surface area contributed by atoms with Crippen LogP contribution in [0.15, 0.2) is 49.6 Å². The van der Waals surface area contributed by atoms with Crippen molar-refractivity contribution in [1.29, 1.82) is 0 Å². The average molecular weight is 663 g/mol. The van der Waals surface area contributed by atoms with Gasteiger partial charge in [-0.05, 0) is 49.4 Å². The Kier molecular flexibility index (Phi) is 10.5. The van der Waals surface area contributed by atoms with Gasteiger partial charge in [0.25, 0.3) is 5.91 Å². The Bertz CT molecular complexity index is 1180. The lowest BCUT2D eigenvalue weighted by Gasteiger charge is -2.40. The van der Waals surface area contributed by atoms with E-state index in [0.717, 1.165) is 6.42 Å². The second-order valence-corrected chi connectivity index (χ2v) is 14.6. The molecule has 4 rings (SSSR count).